The molecular formula is C20H26N4O. The van der Waals surface area contributed by atoms with Crippen molar-refractivity contribution in [3.05, 3.63) is 58.1 Å². The molecule has 1 N–H and O–H groups in total. The summed E-state index contributed by atoms with van der Waals surface area (Å²) in [5, 5.41) is 3.85. The molecule has 0 radical (unpaired) electrons. The monoisotopic (exact) mass is 338 g/mol. The third kappa shape index (κ3) is 3.47. The number of anilines is 1. The molecule has 1 saturated heterocycles. The van der Waals surface area contributed by atoms with Crippen LogP contribution in [0, 0.1) is 0 Å². The Hall–Kier alpha value is -2.14. The molecule has 1 aromatic carbocycles. The summed E-state index contributed by atoms with van der Waals surface area (Å²) in [5.74, 6) is 0.588. The molecule has 2 atom stereocenters. The minimum atomic E-state index is -0.00487. The average molecular weight is 338 g/mol. The lowest BCUT2D eigenvalue weighted by molar-refractivity contribution is 0.350. The largest absolute Gasteiger partial charge is 0.350 e. The van der Waals surface area contributed by atoms with E-state index in [1.54, 1.807) is 24.0 Å². The first-order chi connectivity index (χ1) is 12.2. The first-order valence-corrected chi connectivity index (χ1v) is 9.30. The van der Waals surface area contributed by atoms with Gasteiger partial charge in [-0.25, -0.2) is 4.98 Å². The number of aryl methyl sites for hydroxylation is 2. The fraction of sp³-hybridized carbons (Fsp3) is 0.500. The van der Waals surface area contributed by atoms with E-state index < -0.39 is 0 Å². The van der Waals surface area contributed by atoms with E-state index in [1.807, 2.05) is 0 Å². The van der Waals surface area contributed by atoms with E-state index in [2.05, 4.69) is 39.5 Å². The van der Waals surface area contributed by atoms with Gasteiger partial charge in [-0.15, -0.1) is 0 Å². The van der Waals surface area contributed by atoms with Crippen LogP contribution in [0.5, 0.6) is 0 Å². The smallest absolute Gasteiger partial charge is 0.293 e. The van der Waals surface area contributed by atoms with Crippen molar-refractivity contribution >= 4 is 5.82 Å². The summed E-state index contributed by atoms with van der Waals surface area (Å²) in [5.41, 5.74) is 2.98. The van der Waals surface area contributed by atoms with E-state index in [9.17, 15) is 4.79 Å². The zero-order valence-electron chi connectivity index (χ0n) is 14.8. The second kappa shape index (κ2) is 7.00. The first-order valence-electron chi connectivity index (χ1n) is 9.30. The van der Waals surface area contributed by atoms with E-state index in [1.165, 1.54) is 24.0 Å². The zero-order chi connectivity index (χ0) is 17.2. The van der Waals surface area contributed by atoms with Crippen molar-refractivity contribution in [1.29, 1.82) is 0 Å². The molecule has 2 aromatic rings. The van der Waals surface area contributed by atoms with Gasteiger partial charge in [0.15, 0.2) is 5.82 Å². The minimum Gasteiger partial charge on any atom is -0.350 e. The number of benzene rings is 1. The summed E-state index contributed by atoms with van der Waals surface area (Å²) >= 11 is 0. The third-order valence-corrected chi connectivity index (χ3v) is 5.54. The molecular weight excluding hydrogens is 312 g/mol. The summed E-state index contributed by atoms with van der Waals surface area (Å²) < 4.78 is 1.61. The van der Waals surface area contributed by atoms with Gasteiger partial charge in [0.1, 0.15) is 0 Å². The Balaban J connectivity index is 1.42. The highest BCUT2D eigenvalue weighted by molar-refractivity contribution is 5.36. The van der Waals surface area contributed by atoms with Crippen molar-refractivity contribution < 1.29 is 0 Å². The number of hydrogen-bond acceptors (Lipinski definition) is 4. The highest BCUT2D eigenvalue weighted by Gasteiger charge is 2.26. The molecule has 1 aromatic heterocycles. The normalized spacial score (nSPS) is 23.3. The van der Waals surface area contributed by atoms with Gasteiger partial charge in [-0.1, -0.05) is 24.3 Å². The van der Waals surface area contributed by atoms with E-state index in [-0.39, 0.29) is 5.56 Å². The third-order valence-electron chi connectivity index (χ3n) is 5.54. The van der Waals surface area contributed by atoms with Crippen LogP contribution in [0.15, 0.2) is 41.5 Å². The lowest BCUT2D eigenvalue weighted by atomic mass is 9.87. The quantitative estimate of drug-likeness (QED) is 0.929. The van der Waals surface area contributed by atoms with Crippen molar-refractivity contribution in [3.8, 4) is 0 Å². The lowest BCUT2D eigenvalue weighted by Gasteiger charge is -2.37. The van der Waals surface area contributed by atoms with Crippen molar-refractivity contribution in [1.82, 2.24) is 14.9 Å². The van der Waals surface area contributed by atoms with E-state index >= 15 is 0 Å². The van der Waals surface area contributed by atoms with Gasteiger partial charge < -0.3 is 14.8 Å². The van der Waals surface area contributed by atoms with Gasteiger partial charge in [-0.3, -0.25) is 4.79 Å². The molecule has 0 unspecified atom stereocenters. The SMILES string of the molecule is Cn1ccnc(N2CCC[C@H](N[C@@H]3CCc4ccccc4C3)C2)c1=O. The Kier molecular flexibility index (Phi) is 4.57. The van der Waals surface area contributed by atoms with Crippen LogP contribution in [0.25, 0.3) is 0 Å². The van der Waals surface area contributed by atoms with Crippen LogP contribution in [-0.4, -0.2) is 34.7 Å². The predicted octanol–water partition coefficient (Wildman–Crippen LogP) is 1.90. The molecule has 0 amide bonds. The summed E-state index contributed by atoms with van der Waals surface area (Å²) in [6.45, 7) is 1.78. The summed E-state index contributed by atoms with van der Waals surface area (Å²) in [6.07, 6.45) is 9.15. The second-order valence-electron chi connectivity index (χ2n) is 7.33. The molecule has 5 heteroatoms. The Bertz CT molecular complexity index is 800. The highest BCUT2D eigenvalue weighted by atomic mass is 16.1. The molecule has 2 aliphatic rings. The predicted molar refractivity (Wildman–Crippen MR) is 100 cm³/mol. The number of aromatic nitrogens is 2. The fourth-order valence-corrected chi connectivity index (χ4v) is 4.18. The maximum Gasteiger partial charge on any atom is 0.293 e. The van der Waals surface area contributed by atoms with E-state index in [4.69, 9.17) is 0 Å². The molecule has 25 heavy (non-hydrogen) atoms. The Morgan fingerprint density at radius 1 is 1.16 bits per heavy atom. The maximum atomic E-state index is 12.3. The van der Waals surface area contributed by atoms with Crippen molar-refractivity contribution in [2.24, 2.45) is 7.05 Å². The van der Waals surface area contributed by atoms with Crippen LogP contribution < -0.4 is 15.8 Å². The maximum absolute atomic E-state index is 12.3. The van der Waals surface area contributed by atoms with Gasteiger partial charge >= 0.3 is 0 Å². The first kappa shape index (κ1) is 16.3. The van der Waals surface area contributed by atoms with Crippen LogP contribution in [0.2, 0.25) is 0 Å². The zero-order valence-corrected chi connectivity index (χ0v) is 14.8. The molecule has 1 fully saturated rings. The number of fused-ring (bicyclic) bond motifs is 1. The number of piperidine rings is 1. The Morgan fingerprint density at radius 3 is 2.88 bits per heavy atom. The van der Waals surface area contributed by atoms with Crippen molar-refractivity contribution in [2.45, 2.75) is 44.2 Å². The van der Waals surface area contributed by atoms with Crippen LogP contribution in [-0.2, 0) is 19.9 Å². The summed E-state index contributed by atoms with van der Waals surface area (Å²) in [6, 6.07) is 9.75. The second-order valence-corrected chi connectivity index (χ2v) is 7.33. The Morgan fingerprint density at radius 2 is 2.00 bits per heavy atom. The van der Waals surface area contributed by atoms with Gasteiger partial charge in [0.25, 0.3) is 5.56 Å². The fourth-order valence-electron chi connectivity index (χ4n) is 4.18. The molecule has 1 aliphatic heterocycles. The van der Waals surface area contributed by atoms with Gasteiger partial charge in [0.2, 0.25) is 0 Å². The van der Waals surface area contributed by atoms with Crippen molar-refractivity contribution in [3.63, 3.8) is 0 Å². The Labute approximate surface area is 148 Å². The average Bonchev–Trinajstić information content (AvgIpc) is 2.64. The molecule has 0 spiro atoms. The standard InChI is InChI=1S/C20H26N4O/c1-23-12-10-21-19(20(23)25)24-11-4-7-18(14-24)22-17-9-8-15-5-2-3-6-16(15)13-17/h2-3,5-6,10,12,17-18,22H,4,7-9,11,13-14H2,1H3/t17-,18+/m1/s1. The molecule has 4 rings (SSSR count). The van der Waals surface area contributed by atoms with E-state index in [0.29, 0.717) is 17.9 Å². The van der Waals surface area contributed by atoms with E-state index in [0.717, 1.165) is 32.4 Å². The number of nitrogens with zero attached hydrogens (tertiary/aromatic N) is 3. The molecule has 1 aliphatic carbocycles. The lowest BCUT2D eigenvalue weighted by Crippen LogP contribution is -2.51. The van der Waals surface area contributed by atoms with Crippen LogP contribution >= 0.6 is 0 Å². The van der Waals surface area contributed by atoms with Gasteiger partial charge in [0.05, 0.1) is 0 Å². The molecule has 0 bridgehead atoms. The molecule has 0 saturated carbocycles. The van der Waals surface area contributed by atoms with Crippen LogP contribution in [0.3, 0.4) is 0 Å². The number of rotatable bonds is 3. The van der Waals surface area contributed by atoms with Crippen LogP contribution in [0.4, 0.5) is 5.82 Å². The minimum absolute atomic E-state index is 0.00487. The van der Waals surface area contributed by atoms with Crippen molar-refractivity contribution in [2.75, 3.05) is 18.0 Å². The summed E-state index contributed by atoms with van der Waals surface area (Å²) in [4.78, 5) is 18.8. The highest BCUT2D eigenvalue weighted by Crippen LogP contribution is 2.23. The summed E-state index contributed by atoms with van der Waals surface area (Å²) in [7, 11) is 1.78. The molecule has 2 heterocycles. The topological polar surface area (TPSA) is 50.2 Å². The van der Waals surface area contributed by atoms with Gasteiger partial charge in [-0.05, 0) is 43.2 Å². The molecule has 5 nitrogen and oxygen atoms in total. The number of nitrogens with one attached hydrogen (secondary N) is 1. The van der Waals surface area contributed by atoms with Gasteiger partial charge in [-0.2, -0.15) is 0 Å². The molecule has 132 valence electrons. The van der Waals surface area contributed by atoms with Gasteiger partial charge in [0, 0.05) is 44.6 Å². The number of hydrogen-bond donors (Lipinski definition) is 1. The van der Waals surface area contributed by atoms with Crippen LogP contribution in [0.1, 0.15) is 30.4 Å².